The molecule has 2 N–H and O–H groups in total. The Bertz CT molecular complexity index is 186. The van der Waals surface area contributed by atoms with Crippen LogP contribution < -0.4 is 5.90 Å². The molecule has 0 aliphatic carbocycles. The number of aryl methyl sites for hydroxylation is 1. The Morgan fingerprint density at radius 2 is 2.44 bits per heavy atom. The molecule has 1 aromatic rings. The van der Waals surface area contributed by atoms with Crippen LogP contribution in [0.3, 0.4) is 0 Å². The van der Waals surface area contributed by atoms with Crippen molar-refractivity contribution in [3.8, 4) is 0 Å². The van der Waals surface area contributed by atoms with Crippen molar-refractivity contribution in [2.24, 2.45) is 5.90 Å². The molecule has 0 radical (unpaired) electrons. The first kappa shape index (κ1) is 6.18. The Labute approximate surface area is 51.8 Å². The molecule has 1 heterocycles. The summed E-state index contributed by atoms with van der Waals surface area (Å²) < 4.78 is 4.90. The van der Waals surface area contributed by atoms with Crippen molar-refractivity contribution in [3.63, 3.8) is 0 Å². The fourth-order valence-electron chi connectivity index (χ4n) is 0.467. The molecular formula is C4H7N3O2. The number of hydrogen-bond donors (Lipinski definition) is 1. The fraction of sp³-hybridized carbons (Fsp3) is 0.500. The molecule has 0 aliphatic heterocycles. The van der Waals surface area contributed by atoms with E-state index in [9.17, 15) is 0 Å². The predicted molar refractivity (Wildman–Crippen MR) is 28.0 cm³/mol. The van der Waals surface area contributed by atoms with Crippen molar-refractivity contribution in [1.82, 2.24) is 10.2 Å². The molecule has 0 aromatic carbocycles. The lowest BCUT2D eigenvalue weighted by Crippen LogP contribution is -1.98. The third-order valence-corrected chi connectivity index (χ3v) is 0.775. The van der Waals surface area contributed by atoms with E-state index in [2.05, 4.69) is 15.0 Å². The number of hydrogen-bond acceptors (Lipinski definition) is 5. The van der Waals surface area contributed by atoms with Gasteiger partial charge >= 0.3 is 0 Å². The highest BCUT2D eigenvalue weighted by molar-refractivity contribution is 4.74. The zero-order valence-electron chi connectivity index (χ0n) is 5.00. The normalized spacial score (nSPS) is 10.0. The summed E-state index contributed by atoms with van der Waals surface area (Å²) in [4.78, 5) is 4.24. The summed E-state index contributed by atoms with van der Waals surface area (Å²) in [7, 11) is 0. The van der Waals surface area contributed by atoms with Gasteiger partial charge in [0.05, 0.1) is 0 Å². The van der Waals surface area contributed by atoms with Gasteiger partial charge in [0.2, 0.25) is 11.8 Å². The molecular weight excluding hydrogens is 122 g/mol. The summed E-state index contributed by atoms with van der Waals surface area (Å²) in [6.45, 7) is 1.87. The minimum atomic E-state index is 0.167. The smallest absolute Gasteiger partial charge is 0.244 e. The SMILES string of the molecule is Cc1nnc(CON)o1. The van der Waals surface area contributed by atoms with Crippen molar-refractivity contribution in [3.05, 3.63) is 11.8 Å². The number of aromatic nitrogens is 2. The van der Waals surface area contributed by atoms with Crippen LogP contribution in [0.25, 0.3) is 0 Å². The Kier molecular flexibility index (Phi) is 1.76. The molecule has 0 aliphatic rings. The maximum absolute atomic E-state index is 4.90. The summed E-state index contributed by atoms with van der Waals surface area (Å²) in [6, 6.07) is 0. The van der Waals surface area contributed by atoms with Crippen LogP contribution >= 0.6 is 0 Å². The van der Waals surface area contributed by atoms with Gasteiger partial charge in [-0.3, -0.25) is 4.84 Å². The average molecular weight is 129 g/mol. The molecule has 0 fully saturated rings. The quantitative estimate of drug-likeness (QED) is 0.558. The highest BCUT2D eigenvalue weighted by atomic mass is 16.6. The molecule has 0 atom stereocenters. The molecule has 1 rings (SSSR count). The molecule has 0 amide bonds. The monoisotopic (exact) mass is 129 g/mol. The molecule has 50 valence electrons. The molecule has 0 spiro atoms. The maximum atomic E-state index is 4.90. The minimum absolute atomic E-state index is 0.167. The maximum Gasteiger partial charge on any atom is 0.244 e. The van der Waals surface area contributed by atoms with Gasteiger partial charge in [0.15, 0.2) is 0 Å². The second-order valence-corrected chi connectivity index (χ2v) is 1.53. The zero-order valence-corrected chi connectivity index (χ0v) is 5.00. The van der Waals surface area contributed by atoms with E-state index in [1.807, 2.05) is 0 Å². The molecule has 5 heteroatoms. The Morgan fingerprint density at radius 3 is 2.89 bits per heavy atom. The Morgan fingerprint density at radius 1 is 1.67 bits per heavy atom. The van der Waals surface area contributed by atoms with Gasteiger partial charge in [0, 0.05) is 6.92 Å². The van der Waals surface area contributed by atoms with E-state index in [1.165, 1.54) is 0 Å². The van der Waals surface area contributed by atoms with Crippen LogP contribution in [0.1, 0.15) is 11.8 Å². The lowest BCUT2D eigenvalue weighted by Gasteiger charge is -1.86. The van der Waals surface area contributed by atoms with Crippen LogP contribution in [0.4, 0.5) is 0 Å². The lowest BCUT2D eigenvalue weighted by molar-refractivity contribution is 0.104. The van der Waals surface area contributed by atoms with Crippen molar-refractivity contribution < 1.29 is 9.25 Å². The summed E-state index contributed by atoms with van der Waals surface area (Å²) >= 11 is 0. The second-order valence-electron chi connectivity index (χ2n) is 1.53. The second kappa shape index (κ2) is 2.56. The van der Waals surface area contributed by atoms with Crippen LogP contribution in [0.2, 0.25) is 0 Å². The largest absolute Gasteiger partial charge is 0.423 e. The van der Waals surface area contributed by atoms with Gasteiger partial charge < -0.3 is 4.42 Å². The average Bonchev–Trinajstić information content (AvgIpc) is 2.17. The van der Waals surface area contributed by atoms with Crippen LogP contribution in [-0.4, -0.2) is 10.2 Å². The van der Waals surface area contributed by atoms with Gasteiger partial charge in [-0.25, -0.2) is 5.90 Å². The van der Waals surface area contributed by atoms with Gasteiger partial charge in [0.25, 0.3) is 0 Å². The molecule has 0 saturated carbocycles. The first-order valence-electron chi connectivity index (χ1n) is 2.43. The standard InChI is InChI=1S/C4H7N3O2/c1-3-6-7-4(9-3)2-8-5/h2,5H2,1H3. The molecule has 0 bridgehead atoms. The third kappa shape index (κ3) is 1.48. The lowest BCUT2D eigenvalue weighted by atomic mass is 10.7. The van der Waals surface area contributed by atoms with Crippen LogP contribution in [0.5, 0.6) is 0 Å². The Balaban J connectivity index is 2.61. The third-order valence-electron chi connectivity index (χ3n) is 0.775. The highest BCUT2D eigenvalue weighted by Crippen LogP contribution is 1.96. The van der Waals surface area contributed by atoms with Gasteiger partial charge in [-0.1, -0.05) is 0 Å². The highest BCUT2D eigenvalue weighted by Gasteiger charge is 1.98. The van der Waals surface area contributed by atoms with E-state index in [0.717, 1.165) is 0 Å². The zero-order chi connectivity index (χ0) is 6.69. The summed E-state index contributed by atoms with van der Waals surface area (Å²) in [5, 5.41) is 7.17. The molecule has 5 nitrogen and oxygen atoms in total. The summed E-state index contributed by atoms with van der Waals surface area (Å²) in [5.41, 5.74) is 0. The minimum Gasteiger partial charge on any atom is -0.423 e. The van der Waals surface area contributed by atoms with E-state index >= 15 is 0 Å². The molecule has 0 unspecified atom stereocenters. The van der Waals surface area contributed by atoms with Gasteiger partial charge in [-0.15, -0.1) is 10.2 Å². The van der Waals surface area contributed by atoms with E-state index in [0.29, 0.717) is 11.8 Å². The van der Waals surface area contributed by atoms with E-state index in [-0.39, 0.29) is 6.61 Å². The fourth-order valence-corrected chi connectivity index (χ4v) is 0.467. The molecule has 0 saturated heterocycles. The summed E-state index contributed by atoms with van der Waals surface area (Å²) in [5.74, 6) is 5.66. The van der Waals surface area contributed by atoms with Crippen molar-refractivity contribution in [2.75, 3.05) is 0 Å². The van der Waals surface area contributed by atoms with E-state index in [4.69, 9.17) is 10.3 Å². The van der Waals surface area contributed by atoms with Gasteiger partial charge in [0.1, 0.15) is 6.61 Å². The van der Waals surface area contributed by atoms with Gasteiger partial charge in [-0.05, 0) is 0 Å². The number of nitrogens with zero attached hydrogens (tertiary/aromatic N) is 2. The molecule has 9 heavy (non-hydrogen) atoms. The number of rotatable bonds is 2. The van der Waals surface area contributed by atoms with E-state index < -0.39 is 0 Å². The van der Waals surface area contributed by atoms with Gasteiger partial charge in [-0.2, -0.15) is 0 Å². The topological polar surface area (TPSA) is 74.2 Å². The van der Waals surface area contributed by atoms with Crippen LogP contribution in [0, 0.1) is 6.92 Å². The van der Waals surface area contributed by atoms with Crippen molar-refractivity contribution in [2.45, 2.75) is 13.5 Å². The van der Waals surface area contributed by atoms with E-state index in [1.54, 1.807) is 6.92 Å². The van der Waals surface area contributed by atoms with Crippen LogP contribution in [-0.2, 0) is 11.4 Å². The van der Waals surface area contributed by atoms with Crippen LogP contribution in [0.15, 0.2) is 4.42 Å². The van der Waals surface area contributed by atoms with Crippen molar-refractivity contribution in [1.29, 1.82) is 0 Å². The van der Waals surface area contributed by atoms with Crippen molar-refractivity contribution >= 4 is 0 Å². The number of nitrogens with two attached hydrogens (primary N) is 1. The summed E-state index contributed by atoms with van der Waals surface area (Å²) in [6.07, 6.45) is 0. The molecule has 1 aromatic heterocycles. The Hall–Kier alpha value is -0.940. The first-order chi connectivity index (χ1) is 4.33. The first-order valence-corrected chi connectivity index (χ1v) is 2.43. The predicted octanol–water partition coefficient (Wildman–Crippen LogP) is -0.232.